The Morgan fingerprint density at radius 1 is 1.00 bits per heavy atom. The lowest BCUT2D eigenvalue weighted by atomic mass is 10.3. The van der Waals surface area contributed by atoms with Crippen molar-refractivity contribution in [2.45, 2.75) is 6.92 Å². The molecule has 3 aromatic rings. The van der Waals surface area contributed by atoms with Crippen molar-refractivity contribution < 1.29 is 9.18 Å². The van der Waals surface area contributed by atoms with Crippen LogP contribution >= 0.6 is 0 Å². The van der Waals surface area contributed by atoms with Crippen LogP contribution in [0.5, 0.6) is 0 Å². The minimum absolute atomic E-state index is 0.357. The van der Waals surface area contributed by atoms with E-state index >= 15 is 0 Å². The quantitative estimate of drug-likeness (QED) is 0.468. The van der Waals surface area contributed by atoms with Crippen molar-refractivity contribution in [3.8, 4) is 0 Å². The molecular formula is C19H20FN7O. The van der Waals surface area contributed by atoms with Gasteiger partial charge in [0, 0.05) is 25.0 Å². The van der Waals surface area contributed by atoms with Crippen LogP contribution in [0.3, 0.4) is 0 Å². The van der Waals surface area contributed by atoms with Crippen molar-refractivity contribution in [2.75, 3.05) is 29.0 Å². The van der Waals surface area contributed by atoms with Crippen LogP contribution in [0.1, 0.15) is 5.56 Å². The third-order valence-corrected chi connectivity index (χ3v) is 3.64. The maximum atomic E-state index is 13.1. The molecule has 0 fully saturated rings. The standard InChI is InChI=1S/C19H20FN7O/c1-13-7-8-21-18(11-13)25-17-6-5-16(26-27-17)22-9-10-23-19(28)24-15-4-2-3-14(20)12-15/h2-8,11-12H,9-10H2,1H3,(H,22,26)(H,21,25,27)(H2,23,24,28). The van der Waals surface area contributed by atoms with Crippen molar-refractivity contribution in [3.05, 3.63) is 66.1 Å². The van der Waals surface area contributed by atoms with Crippen LogP contribution in [-0.2, 0) is 0 Å². The van der Waals surface area contributed by atoms with Gasteiger partial charge in [0.1, 0.15) is 17.5 Å². The highest BCUT2D eigenvalue weighted by Gasteiger charge is 2.03. The molecule has 0 aliphatic heterocycles. The van der Waals surface area contributed by atoms with E-state index < -0.39 is 11.8 Å². The second-order valence-electron chi connectivity index (χ2n) is 5.97. The summed E-state index contributed by atoms with van der Waals surface area (Å²) in [7, 11) is 0. The summed E-state index contributed by atoms with van der Waals surface area (Å²) in [5.41, 5.74) is 1.49. The Labute approximate surface area is 161 Å². The summed E-state index contributed by atoms with van der Waals surface area (Å²) in [5, 5.41) is 19.5. The van der Waals surface area contributed by atoms with Gasteiger partial charge in [-0.25, -0.2) is 14.2 Å². The molecule has 0 saturated carbocycles. The van der Waals surface area contributed by atoms with Crippen LogP contribution in [0.4, 0.5) is 32.3 Å². The lowest BCUT2D eigenvalue weighted by Crippen LogP contribution is -2.32. The number of aromatic nitrogens is 3. The summed E-state index contributed by atoms with van der Waals surface area (Å²) in [6.07, 6.45) is 1.72. The van der Waals surface area contributed by atoms with E-state index in [1.54, 1.807) is 24.4 Å². The van der Waals surface area contributed by atoms with Crippen molar-refractivity contribution >= 4 is 29.2 Å². The molecule has 2 aromatic heterocycles. The van der Waals surface area contributed by atoms with Crippen molar-refractivity contribution in [1.82, 2.24) is 20.5 Å². The molecule has 1 aromatic carbocycles. The van der Waals surface area contributed by atoms with E-state index in [-0.39, 0.29) is 0 Å². The second-order valence-corrected chi connectivity index (χ2v) is 5.97. The number of nitrogens with one attached hydrogen (secondary N) is 4. The molecule has 9 heteroatoms. The highest BCUT2D eigenvalue weighted by molar-refractivity contribution is 5.89. The minimum atomic E-state index is -0.413. The number of hydrogen-bond acceptors (Lipinski definition) is 6. The fraction of sp³-hybridized carbons (Fsp3) is 0.158. The Morgan fingerprint density at radius 3 is 2.57 bits per heavy atom. The molecule has 2 heterocycles. The van der Waals surface area contributed by atoms with Crippen LogP contribution in [0.25, 0.3) is 0 Å². The SMILES string of the molecule is Cc1ccnc(Nc2ccc(NCCNC(=O)Nc3cccc(F)c3)nn2)c1. The maximum Gasteiger partial charge on any atom is 0.319 e. The highest BCUT2D eigenvalue weighted by atomic mass is 19.1. The van der Waals surface area contributed by atoms with E-state index in [0.717, 1.165) is 5.56 Å². The van der Waals surface area contributed by atoms with Crippen LogP contribution in [-0.4, -0.2) is 34.3 Å². The Balaban J connectivity index is 1.39. The Kier molecular flexibility index (Phi) is 6.29. The minimum Gasteiger partial charge on any atom is -0.367 e. The molecule has 28 heavy (non-hydrogen) atoms. The van der Waals surface area contributed by atoms with E-state index in [1.165, 1.54) is 18.2 Å². The van der Waals surface area contributed by atoms with Gasteiger partial charge in [-0.05, 0) is 55.0 Å². The number of nitrogens with zero attached hydrogens (tertiary/aromatic N) is 3. The van der Waals surface area contributed by atoms with Crippen LogP contribution < -0.4 is 21.3 Å². The first kappa shape index (κ1) is 19.0. The van der Waals surface area contributed by atoms with E-state index in [2.05, 4.69) is 36.4 Å². The summed E-state index contributed by atoms with van der Waals surface area (Å²) in [5.74, 6) is 1.45. The average Bonchev–Trinajstić information content (AvgIpc) is 2.67. The fourth-order valence-electron chi connectivity index (χ4n) is 2.34. The third kappa shape index (κ3) is 5.90. The Morgan fingerprint density at radius 2 is 1.82 bits per heavy atom. The number of pyridine rings is 1. The smallest absolute Gasteiger partial charge is 0.319 e. The second kappa shape index (κ2) is 9.26. The fourth-order valence-corrected chi connectivity index (χ4v) is 2.34. The number of hydrogen-bond donors (Lipinski definition) is 4. The van der Waals surface area contributed by atoms with Gasteiger partial charge < -0.3 is 21.3 Å². The Bertz CT molecular complexity index is 934. The summed E-state index contributed by atoms with van der Waals surface area (Å²) < 4.78 is 13.1. The zero-order chi connectivity index (χ0) is 19.8. The summed E-state index contributed by atoms with van der Waals surface area (Å²) in [6.45, 7) is 2.80. The number of amides is 2. The first-order valence-electron chi connectivity index (χ1n) is 8.66. The van der Waals surface area contributed by atoms with Gasteiger partial charge in [-0.3, -0.25) is 0 Å². The number of carbonyl (C=O) groups excluding carboxylic acids is 1. The van der Waals surface area contributed by atoms with Gasteiger partial charge in [0.2, 0.25) is 0 Å². The van der Waals surface area contributed by atoms with E-state index in [1.807, 2.05) is 19.1 Å². The summed E-state index contributed by atoms with van der Waals surface area (Å²) in [4.78, 5) is 16.0. The molecule has 0 spiro atoms. The first-order chi connectivity index (χ1) is 13.6. The third-order valence-electron chi connectivity index (χ3n) is 3.64. The molecule has 0 atom stereocenters. The first-order valence-corrected chi connectivity index (χ1v) is 8.66. The van der Waals surface area contributed by atoms with Gasteiger partial charge >= 0.3 is 6.03 Å². The largest absolute Gasteiger partial charge is 0.367 e. The van der Waals surface area contributed by atoms with Gasteiger partial charge in [0.05, 0.1) is 0 Å². The zero-order valence-electron chi connectivity index (χ0n) is 15.2. The highest BCUT2D eigenvalue weighted by Crippen LogP contribution is 2.13. The average molecular weight is 381 g/mol. The maximum absolute atomic E-state index is 13.1. The predicted octanol–water partition coefficient (Wildman–Crippen LogP) is 3.30. The normalized spacial score (nSPS) is 10.2. The molecule has 4 N–H and O–H groups in total. The molecule has 0 aliphatic carbocycles. The van der Waals surface area contributed by atoms with Gasteiger partial charge in [-0.1, -0.05) is 6.07 Å². The molecule has 0 saturated heterocycles. The molecular weight excluding hydrogens is 361 g/mol. The molecule has 0 unspecified atom stereocenters. The van der Waals surface area contributed by atoms with E-state index in [4.69, 9.17) is 0 Å². The molecule has 144 valence electrons. The van der Waals surface area contributed by atoms with E-state index in [9.17, 15) is 9.18 Å². The van der Waals surface area contributed by atoms with Gasteiger partial charge in [0.25, 0.3) is 0 Å². The number of urea groups is 1. The Hall–Kier alpha value is -3.75. The zero-order valence-corrected chi connectivity index (χ0v) is 15.2. The van der Waals surface area contributed by atoms with Gasteiger partial charge in [-0.15, -0.1) is 10.2 Å². The number of anilines is 4. The number of benzene rings is 1. The number of rotatable bonds is 7. The van der Waals surface area contributed by atoms with E-state index in [0.29, 0.717) is 36.2 Å². The summed E-state index contributed by atoms with van der Waals surface area (Å²) >= 11 is 0. The summed E-state index contributed by atoms with van der Waals surface area (Å²) in [6, 6.07) is 12.7. The number of carbonyl (C=O) groups is 1. The van der Waals surface area contributed by atoms with Crippen LogP contribution in [0, 0.1) is 12.7 Å². The molecule has 0 aliphatic rings. The van der Waals surface area contributed by atoms with Gasteiger partial charge in [0.15, 0.2) is 5.82 Å². The molecule has 8 nitrogen and oxygen atoms in total. The molecule has 3 rings (SSSR count). The molecule has 2 amide bonds. The van der Waals surface area contributed by atoms with Crippen LogP contribution in [0.2, 0.25) is 0 Å². The number of halogens is 1. The monoisotopic (exact) mass is 381 g/mol. The van der Waals surface area contributed by atoms with Crippen molar-refractivity contribution in [1.29, 1.82) is 0 Å². The lowest BCUT2D eigenvalue weighted by Gasteiger charge is -2.09. The van der Waals surface area contributed by atoms with Gasteiger partial charge in [-0.2, -0.15) is 0 Å². The van der Waals surface area contributed by atoms with Crippen molar-refractivity contribution in [3.63, 3.8) is 0 Å². The topological polar surface area (TPSA) is 104 Å². The van der Waals surface area contributed by atoms with Crippen LogP contribution in [0.15, 0.2) is 54.7 Å². The van der Waals surface area contributed by atoms with Crippen molar-refractivity contribution in [2.24, 2.45) is 0 Å². The molecule has 0 radical (unpaired) electrons. The number of aryl methyl sites for hydroxylation is 1. The molecule has 0 bridgehead atoms. The lowest BCUT2D eigenvalue weighted by molar-refractivity contribution is 0.252. The predicted molar refractivity (Wildman–Crippen MR) is 106 cm³/mol.